The molecule has 0 fully saturated rings. The summed E-state index contributed by atoms with van der Waals surface area (Å²) in [5.41, 5.74) is 1.35. The van der Waals surface area contributed by atoms with Crippen molar-refractivity contribution >= 4 is 38.9 Å². The van der Waals surface area contributed by atoms with Gasteiger partial charge in [-0.05, 0) is 48.4 Å². The van der Waals surface area contributed by atoms with Gasteiger partial charge in [-0.3, -0.25) is 9.29 Å². The molecule has 2 heterocycles. The Morgan fingerprint density at radius 3 is 2.53 bits per heavy atom. The van der Waals surface area contributed by atoms with Crippen LogP contribution in [0.4, 0.5) is 10.3 Å². The second-order valence-electron chi connectivity index (χ2n) is 6.76. The highest BCUT2D eigenvalue weighted by molar-refractivity contribution is 7.92. The van der Waals surface area contributed by atoms with E-state index in [1.807, 2.05) is 0 Å². The van der Waals surface area contributed by atoms with Crippen LogP contribution in [0.3, 0.4) is 0 Å². The second kappa shape index (κ2) is 9.27. The SMILES string of the molecule is COc1ccccc1-n1c(NS(=O)(=O)CCc2ccc(Cl)cc2)nnc1-c1ccc(F)s1. The lowest BCUT2D eigenvalue weighted by Crippen LogP contribution is -2.21. The van der Waals surface area contributed by atoms with Crippen molar-refractivity contribution in [2.75, 3.05) is 17.6 Å². The van der Waals surface area contributed by atoms with Gasteiger partial charge < -0.3 is 4.74 Å². The number of sulfonamides is 1. The normalized spacial score (nSPS) is 11.5. The van der Waals surface area contributed by atoms with Crippen LogP contribution >= 0.6 is 22.9 Å². The Hall–Kier alpha value is -2.95. The van der Waals surface area contributed by atoms with Crippen molar-refractivity contribution in [2.45, 2.75) is 6.42 Å². The molecule has 0 bridgehead atoms. The molecule has 32 heavy (non-hydrogen) atoms. The molecular weight excluding hydrogens is 475 g/mol. The molecule has 7 nitrogen and oxygen atoms in total. The van der Waals surface area contributed by atoms with Gasteiger partial charge in [0.2, 0.25) is 16.0 Å². The van der Waals surface area contributed by atoms with Gasteiger partial charge in [0, 0.05) is 5.02 Å². The molecule has 0 aliphatic rings. The van der Waals surface area contributed by atoms with Gasteiger partial charge in [-0.2, -0.15) is 4.39 Å². The van der Waals surface area contributed by atoms with Gasteiger partial charge >= 0.3 is 0 Å². The molecule has 0 saturated carbocycles. The number of benzene rings is 2. The molecule has 4 rings (SSSR count). The van der Waals surface area contributed by atoms with Crippen molar-refractivity contribution < 1.29 is 17.5 Å². The zero-order chi connectivity index (χ0) is 22.7. The number of nitrogens with zero attached hydrogens (tertiary/aromatic N) is 3. The lowest BCUT2D eigenvalue weighted by Gasteiger charge is -2.14. The van der Waals surface area contributed by atoms with E-state index in [4.69, 9.17) is 16.3 Å². The van der Waals surface area contributed by atoms with Crippen LogP contribution in [0.2, 0.25) is 5.02 Å². The van der Waals surface area contributed by atoms with E-state index in [0.29, 0.717) is 27.2 Å². The lowest BCUT2D eigenvalue weighted by molar-refractivity contribution is 0.413. The average Bonchev–Trinajstić information content (AvgIpc) is 3.39. The zero-order valence-electron chi connectivity index (χ0n) is 16.8. The molecule has 1 N–H and O–H groups in total. The summed E-state index contributed by atoms with van der Waals surface area (Å²) in [6.07, 6.45) is 0.290. The number of methoxy groups -OCH3 is 1. The molecule has 2 aromatic carbocycles. The maximum atomic E-state index is 13.7. The number of aromatic nitrogens is 3. The fraction of sp³-hybridized carbons (Fsp3) is 0.143. The van der Waals surface area contributed by atoms with Gasteiger partial charge in [0.25, 0.3) is 0 Å². The third-order valence-corrected chi connectivity index (χ3v) is 6.96. The van der Waals surface area contributed by atoms with E-state index in [2.05, 4.69) is 14.9 Å². The van der Waals surface area contributed by atoms with E-state index in [1.54, 1.807) is 54.6 Å². The molecule has 4 aromatic rings. The molecule has 0 atom stereocenters. The smallest absolute Gasteiger partial charge is 0.243 e. The van der Waals surface area contributed by atoms with E-state index in [-0.39, 0.29) is 23.3 Å². The minimum absolute atomic E-state index is 0.0191. The zero-order valence-corrected chi connectivity index (χ0v) is 19.2. The van der Waals surface area contributed by atoms with Crippen molar-refractivity contribution in [3.63, 3.8) is 0 Å². The number of aryl methyl sites for hydroxylation is 1. The highest BCUT2D eigenvalue weighted by Crippen LogP contribution is 2.33. The number of hydrogen-bond acceptors (Lipinski definition) is 6. The summed E-state index contributed by atoms with van der Waals surface area (Å²) < 4.78 is 48.8. The molecule has 0 radical (unpaired) electrons. The summed E-state index contributed by atoms with van der Waals surface area (Å²) in [4.78, 5) is 0.493. The summed E-state index contributed by atoms with van der Waals surface area (Å²) in [7, 11) is -2.27. The Kier molecular flexibility index (Phi) is 6.45. The fourth-order valence-electron chi connectivity index (χ4n) is 3.08. The van der Waals surface area contributed by atoms with Gasteiger partial charge in [0.15, 0.2) is 11.0 Å². The van der Waals surface area contributed by atoms with Crippen LogP contribution in [0.25, 0.3) is 16.4 Å². The van der Waals surface area contributed by atoms with Crippen molar-refractivity contribution in [1.82, 2.24) is 14.8 Å². The van der Waals surface area contributed by atoms with Gasteiger partial charge in [0.1, 0.15) is 5.75 Å². The molecule has 0 aliphatic heterocycles. The molecule has 166 valence electrons. The van der Waals surface area contributed by atoms with Crippen LogP contribution in [-0.2, 0) is 16.4 Å². The van der Waals surface area contributed by atoms with Crippen molar-refractivity contribution in [1.29, 1.82) is 0 Å². The van der Waals surface area contributed by atoms with Gasteiger partial charge in [0.05, 0.1) is 23.4 Å². The Balaban J connectivity index is 1.69. The largest absolute Gasteiger partial charge is 0.495 e. The summed E-state index contributed by atoms with van der Waals surface area (Å²) in [6, 6.07) is 16.9. The number of halogens is 2. The standard InChI is InChI=1S/C21H18ClFN4O3S2/c1-30-17-5-3-2-4-16(17)27-20(18-10-11-19(23)31-18)24-25-21(27)26-32(28,29)13-12-14-6-8-15(22)9-7-14/h2-11H,12-13H2,1H3,(H,25,26). The van der Waals surface area contributed by atoms with Crippen molar-refractivity contribution in [2.24, 2.45) is 0 Å². The average molecular weight is 493 g/mol. The first-order chi connectivity index (χ1) is 15.4. The predicted molar refractivity (Wildman–Crippen MR) is 124 cm³/mol. The summed E-state index contributed by atoms with van der Waals surface area (Å²) in [5, 5.41) is 8.35. The third-order valence-electron chi connectivity index (χ3n) is 4.60. The highest BCUT2D eigenvalue weighted by Gasteiger charge is 2.23. The minimum atomic E-state index is -3.77. The Morgan fingerprint density at radius 2 is 1.84 bits per heavy atom. The van der Waals surface area contributed by atoms with Crippen LogP contribution in [-0.4, -0.2) is 36.0 Å². The van der Waals surface area contributed by atoms with E-state index < -0.39 is 10.0 Å². The number of thiophene rings is 1. The number of nitrogens with one attached hydrogen (secondary N) is 1. The summed E-state index contributed by atoms with van der Waals surface area (Å²) >= 11 is 6.77. The molecule has 0 spiro atoms. The van der Waals surface area contributed by atoms with Crippen LogP contribution in [0.1, 0.15) is 5.56 Å². The van der Waals surface area contributed by atoms with E-state index >= 15 is 0 Å². The van der Waals surface area contributed by atoms with E-state index in [0.717, 1.165) is 16.9 Å². The Morgan fingerprint density at radius 1 is 1.09 bits per heavy atom. The second-order valence-corrected chi connectivity index (χ2v) is 10.1. The Bertz CT molecular complexity index is 1340. The Labute approximate surface area is 193 Å². The number of para-hydroxylation sites is 2. The number of rotatable bonds is 8. The maximum Gasteiger partial charge on any atom is 0.243 e. The van der Waals surface area contributed by atoms with Crippen LogP contribution < -0.4 is 9.46 Å². The molecule has 0 aliphatic carbocycles. The number of anilines is 1. The van der Waals surface area contributed by atoms with Crippen molar-refractivity contribution in [3.05, 3.63) is 76.4 Å². The number of ether oxygens (including phenoxy) is 1. The molecular formula is C21H18ClFN4O3S2. The first-order valence-corrected chi connectivity index (χ1v) is 12.3. The molecule has 2 aromatic heterocycles. The number of hydrogen-bond donors (Lipinski definition) is 1. The van der Waals surface area contributed by atoms with Crippen LogP contribution in [0, 0.1) is 5.13 Å². The monoisotopic (exact) mass is 492 g/mol. The van der Waals surface area contributed by atoms with Crippen LogP contribution in [0.5, 0.6) is 5.75 Å². The quantitative estimate of drug-likeness (QED) is 0.382. The predicted octanol–water partition coefficient (Wildman–Crippen LogP) is 4.78. The van der Waals surface area contributed by atoms with Gasteiger partial charge in [-0.25, -0.2) is 8.42 Å². The first-order valence-electron chi connectivity index (χ1n) is 9.46. The summed E-state index contributed by atoms with van der Waals surface area (Å²) in [6.45, 7) is 0. The topological polar surface area (TPSA) is 86.1 Å². The highest BCUT2D eigenvalue weighted by atomic mass is 35.5. The maximum absolute atomic E-state index is 13.7. The summed E-state index contributed by atoms with van der Waals surface area (Å²) in [5.74, 6) is 0.580. The van der Waals surface area contributed by atoms with Gasteiger partial charge in [-0.15, -0.1) is 21.5 Å². The molecule has 11 heteroatoms. The van der Waals surface area contributed by atoms with Crippen LogP contribution in [0.15, 0.2) is 60.7 Å². The van der Waals surface area contributed by atoms with Crippen molar-refractivity contribution in [3.8, 4) is 22.1 Å². The first kappa shape index (κ1) is 22.3. The fourth-order valence-corrected chi connectivity index (χ4v) is 4.93. The van der Waals surface area contributed by atoms with Gasteiger partial charge in [-0.1, -0.05) is 35.9 Å². The molecule has 0 unspecified atom stereocenters. The minimum Gasteiger partial charge on any atom is -0.495 e. The van der Waals surface area contributed by atoms with E-state index in [1.165, 1.54) is 17.7 Å². The third kappa shape index (κ3) is 4.93. The molecule has 0 amide bonds. The molecule has 0 saturated heterocycles. The van der Waals surface area contributed by atoms with E-state index in [9.17, 15) is 12.8 Å². The lowest BCUT2D eigenvalue weighted by atomic mass is 10.2.